The minimum absolute atomic E-state index is 0.0703. The van der Waals surface area contributed by atoms with E-state index < -0.39 is 0 Å². The van der Waals surface area contributed by atoms with Gasteiger partial charge in [-0.15, -0.1) is 0 Å². The third-order valence-corrected chi connectivity index (χ3v) is 4.80. The summed E-state index contributed by atoms with van der Waals surface area (Å²) in [6.45, 7) is 3.94. The van der Waals surface area contributed by atoms with E-state index in [9.17, 15) is 9.59 Å². The lowest BCUT2D eigenvalue weighted by Gasteiger charge is -2.14. The second kappa shape index (κ2) is 9.60. The second-order valence-electron chi connectivity index (χ2n) is 6.12. The molecule has 0 spiro atoms. The number of halogens is 2. The molecule has 26 heavy (non-hydrogen) atoms. The van der Waals surface area contributed by atoms with Crippen LogP contribution in [0.5, 0.6) is 0 Å². The molecule has 0 saturated carbocycles. The van der Waals surface area contributed by atoms with E-state index in [0.717, 1.165) is 12.0 Å². The van der Waals surface area contributed by atoms with Gasteiger partial charge < -0.3 is 10.6 Å². The Bertz CT molecular complexity index is 793. The molecule has 2 aromatic rings. The van der Waals surface area contributed by atoms with Crippen LogP contribution in [0.2, 0.25) is 10.0 Å². The molecule has 2 N–H and O–H groups in total. The van der Waals surface area contributed by atoms with Gasteiger partial charge in [0, 0.05) is 12.5 Å². The minimum atomic E-state index is -0.195. The van der Waals surface area contributed by atoms with Crippen molar-refractivity contribution >= 4 is 40.7 Å². The molecule has 0 aliphatic carbocycles. The summed E-state index contributed by atoms with van der Waals surface area (Å²) in [7, 11) is 0. The zero-order valence-electron chi connectivity index (χ0n) is 14.8. The highest BCUT2D eigenvalue weighted by molar-refractivity contribution is 6.42. The minimum Gasteiger partial charge on any atom is -0.350 e. The van der Waals surface area contributed by atoms with Gasteiger partial charge in [-0.1, -0.05) is 48.3 Å². The summed E-state index contributed by atoms with van der Waals surface area (Å²) in [6, 6.07) is 12.4. The zero-order valence-corrected chi connectivity index (χ0v) is 16.3. The van der Waals surface area contributed by atoms with E-state index in [4.69, 9.17) is 23.2 Å². The van der Waals surface area contributed by atoms with Crippen LogP contribution in [0.15, 0.2) is 42.5 Å². The first-order chi connectivity index (χ1) is 12.4. The van der Waals surface area contributed by atoms with Crippen molar-refractivity contribution in [1.82, 2.24) is 5.32 Å². The number of carbonyl (C=O) groups is 2. The van der Waals surface area contributed by atoms with Gasteiger partial charge in [-0.2, -0.15) is 0 Å². The smallest absolute Gasteiger partial charge is 0.253 e. The molecule has 0 fully saturated rings. The van der Waals surface area contributed by atoms with Crippen LogP contribution in [0.4, 0.5) is 5.69 Å². The van der Waals surface area contributed by atoms with Crippen LogP contribution in [-0.4, -0.2) is 17.9 Å². The molecule has 1 atom stereocenters. The van der Waals surface area contributed by atoms with Crippen molar-refractivity contribution < 1.29 is 9.59 Å². The molecule has 1 unspecified atom stereocenters. The number of anilines is 1. The van der Waals surface area contributed by atoms with Crippen LogP contribution in [0.1, 0.15) is 42.6 Å². The lowest BCUT2D eigenvalue weighted by atomic mass is 10.1. The van der Waals surface area contributed by atoms with Crippen LogP contribution in [0.25, 0.3) is 0 Å². The third kappa shape index (κ3) is 5.75. The highest BCUT2D eigenvalue weighted by atomic mass is 35.5. The molecule has 6 heteroatoms. The second-order valence-corrected chi connectivity index (χ2v) is 6.94. The topological polar surface area (TPSA) is 58.2 Å². The number of amides is 2. The molecular weight excluding hydrogens is 371 g/mol. The quantitative estimate of drug-likeness (QED) is 0.688. The van der Waals surface area contributed by atoms with Crippen molar-refractivity contribution in [2.45, 2.75) is 39.2 Å². The number of nitrogens with one attached hydrogen (secondary N) is 2. The van der Waals surface area contributed by atoms with Crippen LogP contribution in [-0.2, 0) is 11.2 Å². The molecule has 138 valence electrons. The summed E-state index contributed by atoms with van der Waals surface area (Å²) in [5.41, 5.74) is 1.89. The first-order valence-electron chi connectivity index (χ1n) is 8.54. The number of hydrogen-bond donors (Lipinski definition) is 2. The lowest BCUT2D eigenvalue weighted by Crippen LogP contribution is -2.32. The van der Waals surface area contributed by atoms with E-state index >= 15 is 0 Å². The first-order valence-corrected chi connectivity index (χ1v) is 9.30. The number of rotatable bonds is 7. The van der Waals surface area contributed by atoms with Crippen molar-refractivity contribution in [3.05, 3.63) is 63.6 Å². The highest BCUT2D eigenvalue weighted by Crippen LogP contribution is 2.23. The van der Waals surface area contributed by atoms with Crippen molar-refractivity contribution in [3.8, 4) is 0 Å². The zero-order chi connectivity index (χ0) is 19.1. The number of benzene rings is 2. The molecule has 0 heterocycles. The fourth-order valence-electron chi connectivity index (χ4n) is 2.36. The Balaban J connectivity index is 2.00. The number of para-hydroxylation sites is 1. The fraction of sp³-hybridized carbons (Fsp3) is 0.300. The van der Waals surface area contributed by atoms with Gasteiger partial charge in [0.25, 0.3) is 5.91 Å². The van der Waals surface area contributed by atoms with E-state index in [0.29, 0.717) is 27.7 Å². The van der Waals surface area contributed by atoms with Crippen LogP contribution >= 0.6 is 23.2 Å². The monoisotopic (exact) mass is 392 g/mol. The van der Waals surface area contributed by atoms with Gasteiger partial charge in [0.2, 0.25) is 5.91 Å². The molecule has 2 amide bonds. The molecule has 0 saturated heterocycles. The molecule has 0 aromatic heterocycles. The molecule has 2 aromatic carbocycles. The molecule has 0 aliphatic heterocycles. The van der Waals surface area contributed by atoms with Gasteiger partial charge in [-0.25, -0.2) is 0 Å². The summed E-state index contributed by atoms with van der Waals surface area (Å²) in [5.74, 6) is -0.361. The molecule has 0 bridgehead atoms. The maximum absolute atomic E-state index is 12.4. The third-order valence-electron chi connectivity index (χ3n) is 4.06. The van der Waals surface area contributed by atoms with Gasteiger partial charge in [-0.05, 0) is 49.6 Å². The maximum Gasteiger partial charge on any atom is 0.253 e. The predicted molar refractivity (Wildman–Crippen MR) is 107 cm³/mol. The van der Waals surface area contributed by atoms with Crippen molar-refractivity contribution in [1.29, 1.82) is 0 Å². The Morgan fingerprint density at radius 1 is 1.08 bits per heavy atom. The van der Waals surface area contributed by atoms with Crippen LogP contribution in [0.3, 0.4) is 0 Å². The molecule has 4 nitrogen and oxygen atoms in total. The summed E-state index contributed by atoms with van der Waals surface area (Å²) >= 11 is 11.9. The van der Waals surface area contributed by atoms with Gasteiger partial charge >= 0.3 is 0 Å². The van der Waals surface area contributed by atoms with E-state index in [2.05, 4.69) is 10.6 Å². The van der Waals surface area contributed by atoms with Crippen molar-refractivity contribution in [2.24, 2.45) is 0 Å². The number of aryl methyl sites for hydroxylation is 1. The van der Waals surface area contributed by atoms with Crippen LogP contribution in [0, 0.1) is 0 Å². The highest BCUT2D eigenvalue weighted by Gasteiger charge is 2.14. The van der Waals surface area contributed by atoms with Gasteiger partial charge in [0.1, 0.15) is 0 Å². The Kier molecular flexibility index (Phi) is 7.49. The van der Waals surface area contributed by atoms with Gasteiger partial charge in [-0.3, -0.25) is 9.59 Å². The largest absolute Gasteiger partial charge is 0.350 e. The maximum atomic E-state index is 12.4. The van der Waals surface area contributed by atoms with E-state index in [1.165, 1.54) is 0 Å². The summed E-state index contributed by atoms with van der Waals surface area (Å²) in [5, 5.41) is 6.69. The average molecular weight is 393 g/mol. The van der Waals surface area contributed by atoms with Crippen molar-refractivity contribution in [2.75, 3.05) is 5.32 Å². The molecular formula is C20H22Cl2N2O2. The lowest BCUT2D eigenvalue weighted by molar-refractivity contribution is -0.116. The summed E-state index contributed by atoms with van der Waals surface area (Å²) in [4.78, 5) is 24.7. The van der Waals surface area contributed by atoms with Crippen LogP contribution < -0.4 is 10.6 Å². The average Bonchev–Trinajstić information content (AvgIpc) is 2.63. The van der Waals surface area contributed by atoms with E-state index in [1.54, 1.807) is 36.4 Å². The fourth-order valence-corrected chi connectivity index (χ4v) is 2.68. The van der Waals surface area contributed by atoms with Crippen molar-refractivity contribution in [3.63, 3.8) is 0 Å². The SMILES string of the molecule is CCC(C)NC(=O)c1ccccc1NC(=O)CCc1ccc(Cl)c(Cl)c1. The summed E-state index contributed by atoms with van der Waals surface area (Å²) < 4.78 is 0. The number of hydrogen-bond acceptors (Lipinski definition) is 2. The normalized spacial score (nSPS) is 11.7. The molecule has 0 aliphatic rings. The Hall–Kier alpha value is -2.04. The molecule has 0 radical (unpaired) electrons. The van der Waals surface area contributed by atoms with E-state index in [-0.39, 0.29) is 24.3 Å². The summed E-state index contributed by atoms with van der Waals surface area (Å²) in [6.07, 6.45) is 1.65. The Labute approximate surface area is 163 Å². The van der Waals surface area contributed by atoms with E-state index in [1.807, 2.05) is 19.9 Å². The molecule has 2 rings (SSSR count). The standard InChI is InChI=1S/C20H22Cl2N2O2/c1-3-13(2)23-20(26)15-6-4-5-7-18(15)24-19(25)11-9-14-8-10-16(21)17(22)12-14/h4-8,10,12-13H,3,9,11H2,1-2H3,(H,23,26)(H,24,25). The Morgan fingerprint density at radius 2 is 1.81 bits per heavy atom. The van der Waals surface area contributed by atoms with Gasteiger partial charge in [0.15, 0.2) is 0 Å². The first kappa shape index (κ1) is 20.3. The van der Waals surface area contributed by atoms with Gasteiger partial charge in [0.05, 0.1) is 21.3 Å². The number of carbonyl (C=O) groups excluding carboxylic acids is 2. The Morgan fingerprint density at radius 3 is 2.50 bits per heavy atom. The predicted octanol–water partition coefficient (Wildman–Crippen LogP) is 5.09.